The van der Waals surface area contributed by atoms with Crippen LogP contribution >= 0.6 is 0 Å². The Bertz CT molecular complexity index is 628. The van der Waals surface area contributed by atoms with E-state index in [2.05, 4.69) is 14.9 Å². The molecule has 1 aliphatic rings. The molecule has 1 fully saturated rings. The Morgan fingerprint density at radius 1 is 1.17 bits per heavy atom. The maximum absolute atomic E-state index is 12.9. The third kappa shape index (κ3) is 4.09. The molecular formula is C17H20FN3O2. The number of piperidine rings is 1. The predicted octanol–water partition coefficient (Wildman–Crippen LogP) is 3.06. The van der Waals surface area contributed by atoms with Crippen LogP contribution in [0.4, 0.5) is 10.2 Å². The average Bonchev–Trinajstić information content (AvgIpc) is 2.58. The van der Waals surface area contributed by atoms with E-state index in [4.69, 9.17) is 9.47 Å². The van der Waals surface area contributed by atoms with E-state index in [0.29, 0.717) is 18.2 Å². The summed E-state index contributed by atoms with van der Waals surface area (Å²) < 4.78 is 24.2. The van der Waals surface area contributed by atoms with Crippen molar-refractivity contribution < 1.29 is 13.9 Å². The fourth-order valence-corrected chi connectivity index (χ4v) is 2.64. The molecule has 2 aromatic rings. The Balaban J connectivity index is 1.55. The van der Waals surface area contributed by atoms with Crippen molar-refractivity contribution in [2.24, 2.45) is 0 Å². The van der Waals surface area contributed by atoms with Crippen molar-refractivity contribution in [1.82, 2.24) is 9.97 Å². The molecule has 3 rings (SSSR count). The van der Waals surface area contributed by atoms with Crippen molar-refractivity contribution in [2.45, 2.75) is 25.9 Å². The summed E-state index contributed by atoms with van der Waals surface area (Å²) in [6, 6.07) is 8.03. The van der Waals surface area contributed by atoms with E-state index in [-0.39, 0.29) is 11.9 Å². The molecule has 0 amide bonds. The smallest absolute Gasteiger partial charge is 0.218 e. The Morgan fingerprint density at radius 2 is 1.91 bits per heavy atom. The van der Waals surface area contributed by atoms with Gasteiger partial charge in [0.2, 0.25) is 5.88 Å². The van der Waals surface area contributed by atoms with Crippen LogP contribution in [-0.2, 0) is 0 Å². The minimum Gasteiger partial charge on any atom is -0.490 e. The molecule has 1 aliphatic heterocycles. The number of aromatic nitrogens is 2. The van der Waals surface area contributed by atoms with Crippen molar-refractivity contribution in [3.05, 3.63) is 42.5 Å². The van der Waals surface area contributed by atoms with Gasteiger partial charge in [-0.1, -0.05) is 0 Å². The van der Waals surface area contributed by atoms with Gasteiger partial charge in [-0.05, 0) is 31.2 Å². The molecule has 0 spiro atoms. The van der Waals surface area contributed by atoms with Gasteiger partial charge in [-0.3, -0.25) is 0 Å². The minimum absolute atomic E-state index is 0.143. The highest BCUT2D eigenvalue weighted by Gasteiger charge is 2.22. The SMILES string of the molecule is CCOc1cc(N2CCC(Oc3ccc(F)cc3)CC2)ncn1. The Kier molecular flexibility index (Phi) is 4.90. The normalized spacial score (nSPS) is 15.5. The van der Waals surface area contributed by atoms with Gasteiger partial charge in [0.05, 0.1) is 6.61 Å². The minimum atomic E-state index is -0.249. The molecule has 6 heteroatoms. The molecule has 122 valence electrons. The topological polar surface area (TPSA) is 47.5 Å². The third-order valence-corrected chi connectivity index (χ3v) is 3.80. The molecule has 0 N–H and O–H groups in total. The first-order chi connectivity index (χ1) is 11.2. The predicted molar refractivity (Wildman–Crippen MR) is 85.5 cm³/mol. The second kappa shape index (κ2) is 7.26. The molecule has 1 saturated heterocycles. The van der Waals surface area contributed by atoms with Crippen LogP contribution < -0.4 is 14.4 Å². The van der Waals surface area contributed by atoms with Crippen LogP contribution in [0.15, 0.2) is 36.7 Å². The number of nitrogens with zero attached hydrogens (tertiary/aromatic N) is 3. The lowest BCUT2D eigenvalue weighted by molar-refractivity contribution is 0.170. The number of hydrogen-bond donors (Lipinski definition) is 0. The van der Waals surface area contributed by atoms with Gasteiger partial charge in [-0.2, -0.15) is 0 Å². The largest absolute Gasteiger partial charge is 0.490 e. The molecule has 0 bridgehead atoms. The average molecular weight is 317 g/mol. The second-order valence-electron chi connectivity index (χ2n) is 5.41. The number of halogens is 1. The van der Waals surface area contributed by atoms with Crippen molar-refractivity contribution in [3.8, 4) is 11.6 Å². The maximum atomic E-state index is 12.9. The maximum Gasteiger partial charge on any atom is 0.218 e. The lowest BCUT2D eigenvalue weighted by atomic mass is 10.1. The van der Waals surface area contributed by atoms with Crippen LogP contribution in [0.5, 0.6) is 11.6 Å². The first kappa shape index (κ1) is 15.5. The van der Waals surface area contributed by atoms with Gasteiger partial charge in [0.1, 0.15) is 29.8 Å². The van der Waals surface area contributed by atoms with Crippen molar-refractivity contribution in [1.29, 1.82) is 0 Å². The molecule has 0 unspecified atom stereocenters. The van der Waals surface area contributed by atoms with Crippen molar-refractivity contribution in [3.63, 3.8) is 0 Å². The Morgan fingerprint density at radius 3 is 2.61 bits per heavy atom. The monoisotopic (exact) mass is 317 g/mol. The molecule has 1 aromatic carbocycles. The highest BCUT2D eigenvalue weighted by Crippen LogP contribution is 2.23. The number of rotatable bonds is 5. The van der Waals surface area contributed by atoms with E-state index in [1.165, 1.54) is 18.5 Å². The van der Waals surface area contributed by atoms with Gasteiger partial charge in [0, 0.05) is 32.0 Å². The molecule has 5 nitrogen and oxygen atoms in total. The lowest BCUT2D eigenvalue weighted by Gasteiger charge is -2.32. The quantitative estimate of drug-likeness (QED) is 0.848. The van der Waals surface area contributed by atoms with Crippen LogP contribution in [0.25, 0.3) is 0 Å². The van der Waals surface area contributed by atoms with Gasteiger partial charge in [-0.25, -0.2) is 14.4 Å². The van der Waals surface area contributed by atoms with E-state index in [0.717, 1.165) is 31.7 Å². The van der Waals surface area contributed by atoms with Crippen LogP contribution in [-0.4, -0.2) is 35.8 Å². The van der Waals surface area contributed by atoms with E-state index in [1.807, 2.05) is 13.0 Å². The van der Waals surface area contributed by atoms with Gasteiger partial charge < -0.3 is 14.4 Å². The molecule has 1 aromatic heterocycles. The van der Waals surface area contributed by atoms with Crippen LogP contribution in [0, 0.1) is 5.82 Å². The molecular weight excluding hydrogens is 297 g/mol. The van der Waals surface area contributed by atoms with Gasteiger partial charge in [0.25, 0.3) is 0 Å². The lowest BCUT2D eigenvalue weighted by Crippen LogP contribution is -2.38. The zero-order valence-corrected chi connectivity index (χ0v) is 13.1. The summed E-state index contributed by atoms with van der Waals surface area (Å²) in [5, 5.41) is 0. The number of benzene rings is 1. The summed E-state index contributed by atoms with van der Waals surface area (Å²) in [5.74, 6) is 1.94. The second-order valence-corrected chi connectivity index (χ2v) is 5.41. The zero-order valence-electron chi connectivity index (χ0n) is 13.1. The Hall–Kier alpha value is -2.37. The molecule has 0 aliphatic carbocycles. The fourth-order valence-electron chi connectivity index (χ4n) is 2.64. The van der Waals surface area contributed by atoms with Crippen LogP contribution in [0.1, 0.15) is 19.8 Å². The van der Waals surface area contributed by atoms with E-state index >= 15 is 0 Å². The standard InChI is InChI=1S/C17H20FN3O2/c1-2-22-17-11-16(19-12-20-17)21-9-7-15(8-10-21)23-14-5-3-13(18)4-6-14/h3-6,11-12,15H,2,7-10H2,1H3. The first-order valence-corrected chi connectivity index (χ1v) is 7.86. The van der Waals surface area contributed by atoms with E-state index < -0.39 is 0 Å². The molecule has 0 saturated carbocycles. The summed E-state index contributed by atoms with van der Waals surface area (Å²) in [5.41, 5.74) is 0. The van der Waals surface area contributed by atoms with Gasteiger partial charge in [-0.15, -0.1) is 0 Å². The van der Waals surface area contributed by atoms with Gasteiger partial charge in [0.15, 0.2) is 0 Å². The number of hydrogen-bond acceptors (Lipinski definition) is 5. The number of anilines is 1. The molecule has 2 heterocycles. The van der Waals surface area contributed by atoms with E-state index in [1.54, 1.807) is 12.1 Å². The fraction of sp³-hybridized carbons (Fsp3) is 0.412. The van der Waals surface area contributed by atoms with Crippen molar-refractivity contribution in [2.75, 3.05) is 24.6 Å². The van der Waals surface area contributed by atoms with E-state index in [9.17, 15) is 4.39 Å². The summed E-state index contributed by atoms with van der Waals surface area (Å²) >= 11 is 0. The number of ether oxygens (including phenoxy) is 2. The zero-order chi connectivity index (χ0) is 16.1. The highest BCUT2D eigenvalue weighted by atomic mass is 19.1. The van der Waals surface area contributed by atoms with Crippen LogP contribution in [0.3, 0.4) is 0 Å². The first-order valence-electron chi connectivity index (χ1n) is 7.86. The molecule has 23 heavy (non-hydrogen) atoms. The van der Waals surface area contributed by atoms with Crippen LogP contribution in [0.2, 0.25) is 0 Å². The Labute approximate surface area is 135 Å². The highest BCUT2D eigenvalue weighted by molar-refractivity contribution is 5.41. The molecule has 0 atom stereocenters. The summed E-state index contributed by atoms with van der Waals surface area (Å²) in [6.07, 6.45) is 3.46. The van der Waals surface area contributed by atoms with Gasteiger partial charge >= 0.3 is 0 Å². The summed E-state index contributed by atoms with van der Waals surface area (Å²) in [7, 11) is 0. The third-order valence-electron chi connectivity index (χ3n) is 3.80. The summed E-state index contributed by atoms with van der Waals surface area (Å²) in [4.78, 5) is 10.6. The molecule has 0 radical (unpaired) electrons. The summed E-state index contributed by atoms with van der Waals surface area (Å²) in [6.45, 7) is 4.23. The van der Waals surface area contributed by atoms with Crippen molar-refractivity contribution >= 4 is 5.82 Å².